The van der Waals surface area contributed by atoms with Gasteiger partial charge in [-0.3, -0.25) is 4.68 Å². The lowest BCUT2D eigenvalue weighted by molar-refractivity contribution is -0.142. The fourth-order valence-electron chi connectivity index (χ4n) is 2.33. The van der Waals surface area contributed by atoms with Crippen LogP contribution in [0.3, 0.4) is 0 Å². The second-order valence-corrected chi connectivity index (χ2v) is 4.97. The minimum Gasteiger partial charge on any atom is -0.383 e. The summed E-state index contributed by atoms with van der Waals surface area (Å²) in [6.45, 7) is 1.35. The van der Waals surface area contributed by atoms with E-state index in [-0.39, 0.29) is 25.3 Å². The van der Waals surface area contributed by atoms with Gasteiger partial charge >= 0.3 is 12.2 Å². The SMILES string of the molecule is COCCNC(=O)NCCn1nc(C(F)(F)F)c2c1CCOC2. The van der Waals surface area contributed by atoms with E-state index < -0.39 is 17.9 Å². The van der Waals surface area contributed by atoms with Crippen LogP contribution < -0.4 is 10.6 Å². The third-order valence-electron chi connectivity index (χ3n) is 3.37. The van der Waals surface area contributed by atoms with Crippen LogP contribution in [-0.4, -0.2) is 49.2 Å². The van der Waals surface area contributed by atoms with Crippen LogP contribution in [0.1, 0.15) is 17.0 Å². The summed E-state index contributed by atoms with van der Waals surface area (Å²) in [7, 11) is 1.52. The topological polar surface area (TPSA) is 77.4 Å². The molecule has 0 saturated carbocycles. The van der Waals surface area contributed by atoms with Crippen molar-refractivity contribution >= 4 is 6.03 Å². The van der Waals surface area contributed by atoms with Gasteiger partial charge in [0.1, 0.15) is 0 Å². The van der Waals surface area contributed by atoms with Gasteiger partial charge in [-0.05, 0) is 0 Å². The average molecular weight is 336 g/mol. The average Bonchev–Trinajstić information content (AvgIpc) is 2.87. The van der Waals surface area contributed by atoms with Crippen LogP contribution in [0.5, 0.6) is 0 Å². The molecule has 2 amide bonds. The van der Waals surface area contributed by atoms with Crippen LogP contribution in [0.15, 0.2) is 0 Å². The zero-order chi connectivity index (χ0) is 16.9. The van der Waals surface area contributed by atoms with Crippen LogP contribution in [0, 0.1) is 0 Å². The number of amides is 2. The largest absolute Gasteiger partial charge is 0.435 e. The van der Waals surface area contributed by atoms with Gasteiger partial charge in [-0.1, -0.05) is 0 Å². The fraction of sp³-hybridized carbons (Fsp3) is 0.692. The number of methoxy groups -OCH3 is 1. The number of carbonyl (C=O) groups excluding carboxylic acids is 1. The minimum atomic E-state index is -4.51. The summed E-state index contributed by atoms with van der Waals surface area (Å²) in [4.78, 5) is 11.5. The lowest BCUT2D eigenvalue weighted by atomic mass is 10.1. The van der Waals surface area contributed by atoms with Crippen molar-refractivity contribution in [3.63, 3.8) is 0 Å². The van der Waals surface area contributed by atoms with Crippen LogP contribution in [0.25, 0.3) is 0 Å². The molecule has 0 radical (unpaired) electrons. The summed E-state index contributed by atoms with van der Waals surface area (Å²) in [6.07, 6.45) is -4.14. The normalized spacial score (nSPS) is 14.4. The van der Waals surface area contributed by atoms with Crippen LogP contribution in [0.2, 0.25) is 0 Å². The van der Waals surface area contributed by atoms with Gasteiger partial charge in [-0.2, -0.15) is 18.3 Å². The molecule has 10 heteroatoms. The van der Waals surface area contributed by atoms with Crippen molar-refractivity contribution in [2.45, 2.75) is 25.7 Å². The Labute approximate surface area is 131 Å². The maximum atomic E-state index is 13.0. The predicted molar refractivity (Wildman–Crippen MR) is 73.9 cm³/mol. The monoisotopic (exact) mass is 336 g/mol. The van der Waals surface area contributed by atoms with E-state index in [1.54, 1.807) is 0 Å². The van der Waals surface area contributed by atoms with Gasteiger partial charge in [-0.15, -0.1) is 0 Å². The highest BCUT2D eigenvalue weighted by atomic mass is 19.4. The summed E-state index contributed by atoms with van der Waals surface area (Å²) in [5, 5.41) is 8.78. The Bertz CT molecular complexity index is 545. The fourth-order valence-corrected chi connectivity index (χ4v) is 2.33. The second kappa shape index (κ2) is 7.64. The summed E-state index contributed by atoms with van der Waals surface area (Å²) in [5.41, 5.74) is -0.296. The number of aromatic nitrogens is 2. The van der Waals surface area contributed by atoms with E-state index in [1.165, 1.54) is 11.8 Å². The molecule has 1 aliphatic rings. The van der Waals surface area contributed by atoms with Crippen molar-refractivity contribution in [3.05, 3.63) is 17.0 Å². The highest BCUT2D eigenvalue weighted by Gasteiger charge is 2.39. The summed E-state index contributed by atoms with van der Waals surface area (Å²) in [6, 6.07) is -0.401. The summed E-state index contributed by atoms with van der Waals surface area (Å²) >= 11 is 0. The molecular formula is C13H19F3N4O3. The number of urea groups is 1. The van der Waals surface area contributed by atoms with E-state index in [4.69, 9.17) is 9.47 Å². The Balaban J connectivity index is 1.95. The van der Waals surface area contributed by atoms with Crippen LogP contribution in [-0.2, 0) is 35.2 Å². The molecule has 2 rings (SSSR count). The molecule has 0 fully saturated rings. The van der Waals surface area contributed by atoms with Gasteiger partial charge in [0.25, 0.3) is 0 Å². The van der Waals surface area contributed by atoms with Gasteiger partial charge in [-0.25, -0.2) is 4.79 Å². The Hall–Kier alpha value is -1.81. The Morgan fingerprint density at radius 1 is 1.39 bits per heavy atom. The zero-order valence-electron chi connectivity index (χ0n) is 12.7. The highest BCUT2D eigenvalue weighted by molar-refractivity contribution is 5.73. The van der Waals surface area contributed by atoms with E-state index in [9.17, 15) is 18.0 Å². The second-order valence-electron chi connectivity index (χ2n) is 4.97. The van der Waals surface area contributed by atoms with Gasteiger partial charge in [0.05, 0.1) is 26.4 Å². The number of carbonyl (C=O) groups is 1. The third-order valence-corrected chi connectivity index (χ3v) is 3.37. The van der Waals surface area contributed by atoms with Gasteiger partial charge in [0, 0.05) is 37.9 Å². The molecule has 2 N–H and O–H groups in total. The molecule has 7 nitrogen and oxygen atoms in total. The molecule has 0 spiro atoms. The van der Waals surface area contributed by atoms with E-state index >= 15 is 0 Å². The van der Waals surface area contributed by atoms with Gasteiger partial charge in [0.15, 0.2) is 5.69 Å². The molecule has 0 saturated heterocycles. The van der Waals surface area contributed by atoms with Crippen LogP contribution in [0.4, 0.5) is 18.0 Å². The Kier molecular flexibility index (Phi) is 5.83. The van der Waals surface area contributed by atoms with Gasteiger partial charge in [0.2, 0.25) is 0 Å². The molecule has 0 aromatic carbocycles. The zero-order valence-corrected chi connectivity index (χ0v) is 12.7. The number of ether oxygens (including phenoxy) is 2. The lowest BCUT2D eigenvalue weighted by Gasteiger charge is -2.15. The molecule has 1 aliphatic heterocycles. The Morgan fingerprint density at radius 3 is 2.83 bits per heavy atom. The van der Waals surface area contributed by atoms with Crippen molar-refractivity contribution in [3.8, 4) is 0 Å². The third kappa shape index (κ3) is 4.58. The van der Waals surface area contributed by atoms with E-state index in [0.29, 0.717) is 31.9 Å². The van der Waals surface area contributed by atoms with E-state index in [1.807, 2.05) is 0 Å². The number of halogens is 3. The quantitative estimate of drug-likeness (QED) is 0.758. The molecule has 0 bridgehead atoms. The standard InChI is InChI=1S/C13H19F3N4O3/c1-22-7-4-18-12(21)17-3-5-20-10-2-6-23-8-9(10)11(19-20)13(14,15)16/h2-8H2,1H3,(H2,17,18,21). The number of hydrogen-bond donors (Lipinski definition) is 2. The molecule has 130 valence electrons. The first-order valence-corrected chi connectivity index (χ1v) is 7.17. The molecule has 1 aromatic rings. The lowest BCUT2D eigenvalue weighted by Crippen LogP contribution is -2.39. The summed E-state index contributed by atoms with van der Waals surface area (Å²) in [5.74, 6) is 0. The summed E-state index contributed by atoms with van der Waals surface area (Å²) < 4.78 is 50.2. The highest BCUT2D eigenvalue weighted by Crippen LogP contribution is 2.34. The maximum absolute atomic E-state index is 13.0. The molecule has 0 unspecified atom stereocenters. The smallest absolute Gasteiger partial charge is 0.383 e. The van der Waals surface area contributed by atoms with E-state index in [2.05, 4.69) is 15.7 Å². The molecular weight excluding hydrogens is 317 g/mol. The minimum absolute atomic E-state index is 0.0882. The van der Waals surface area contributed by atoms with E-state index in [0.717, 1.165) is 0 Å². The molecule has 1 aromatic heterocycles. The molecule has 2 heterocycles. The number of alkyl halides is 3. The number of rotatable bonds is 6. The maximum Gasteiger partial charge on any atom is 0.435 e. The van der Waals surface area contributed by atoms with Crippen molar-refractivity contribution < 1.29 is 27.4 Å². The molecule has 0 atom stereocenters. The van der Waals surface area contributed by atoms with Crippen molar-refractivity contribution in [2.75, 3.05) is 33.4 Å². The van der Waals surface area contributed by atoms with Crippen molar-refractivity contribution in [1.82, 2.24) is 20.4 Å². The number of nitrogens with zero attached hydrogens (tertiary/aromatic N) is 2. The van der Waals surface area contributed by atoms with Crippen molar-refractivity contribution in [1.29, 1.82) is 0 Å². The van der Waals surface area contributed by atoms with Crippen molar-refractivity contribution in [2.24, 2.45) is 0 Å². The van der Waals surface area contributed by atoms with Crippen LogP contribution >= 0.6 is 0 Å². The first-order chi connectivity index (χ1) is 10.9. The number of fused-ring (bicyclic) bond motifs is 1. The Morgan fingerprint density at radius 2 is 2.13 bits per heavy atom. The first-order valence-electron chi connectivity index (χ1n) is 7.17. The molecule has 0 aliphatic carbocycles. The van der Waals surface area contributed by atoms with Gasteiger partial charge < -0.3 is 20.1 Å². The number of nitrogens with one attached hydrogen (secondary N) is 2. The number of hydrogen-bond acceptors (Lipinski definition) is 4. The molecule has 23 heavy (non-hydrogen) atoms. The predicted octanol–water partition coefficient (Wildman–Crippen LogP) is 0.920. The first kappa shape index (κ1) is 17.5.